The Labute approximate surface area is 76.9 Å². The Balaban J connectivity index is 0.000000261. The van der Waals surface area contributed by atoms with E-state index in [1.165, 1.54) is 15.3 Å². The van der Waals surface area contributed by atoms with Crippen LogP contribution in [0.4, 0.5) is 0 Å². The van der Waals surface area contributed by atoms with Crippen LogP contribution in [-0.4, -0.2) is 11.1 Å². The van der Waals surface area contributed by atoms with Gasteiger partial charge in [-0.1, -0.05) is 0 Å². The van der Waals surface area contributed by atoms with Crippen LogP contribution >= 0.6 is 11.3 Å². The molecule has 0 spiro atoms. The van der Waals surface area contributed by atoms with Crippen molar-refractivity contribution >= 4 is 17.3 Å². The molecule has 0 bridgehead atoms. The molecule has 1 aromatic heterocycles. The summed E-state index contributed by atoms with van der Waals surface area (Å²) in [4.78, 5) is 11.9. The lowest BCUT2D eigenvalue weighted by molar-refractivity contribution is -0.134. The Bertz CT molecular complexity index is 240. The number of carboxylic acids is 1. The fraction of sp³-hybridized carbons (Fsp3) is 0.444. The van der Waals surface area contributed by atoms with Gasteiger partial charge in [0.1, 0.15) is 0 Å². The first-order valence-corrected chi connectivity index (χ1v) is 4.48. The van der Waals surface area contributed by atoms with Crippen molar-refractivity contribution in [1.29, 1.82) is 0 Å². The zero-order chi connectivity index (χ0) is 9.72. The van der Waals surface area contributed by atoms with E-state index < -0.39 is 5.97 Å². The molecule has 0 aliphatic rings. The largest absolute Gasteiger partial charge is 0.481 e. The van der Waals surface area contributed by atoms with Crippen molar-refractivity contribution in [3.8, 4) is 0 Å². The van der Waals surface area contributed by atoms with Gasteiger partial charge in [0.2, 0.25) is 0 Å². The van der Waals surface area contributed by atoms with Crippen LogP contribution < -0.4 is 0 Å². The molecular formula is C9H14O2S. The highest BCUT2D eigenvalue weighted by atomic mass is 32.1. The Kier molecular flexibility index (Phi) is 4.59. The van der Waals surface area contributed by atoms with Gasteiger partial charge in [-0.2, -0.15) is 0 Å². The summed E-state index contributed by atoms with van der Waals surface area (Å²) in [6, 6.07) is 2.22. The maximum Gasteiger partial charge on any atom is 0.300 e. The number of aryl methyl sites for hydroxylation is 3. The van der Waals surface area contributed by atoms with E-state index in [1.807, 2.05) is 11.3 Å². The molecule has 0 radical (unpaired) electrons. The summed E-state index contributed by atoms with van der Waals surface area (Å²) in [5, 5.41) is 7.42. The minimum atomic E-state index is -0.833. The number of rotatable bonds is 0. The first-order valence-electron chi connectivity index (χ1n) is 3.66. The van der Waals surface area contributed by atoms with Crippen molar-refractivity contribution in [1.82, 2.24) is 0 Å². The van der Waals surface area contributed by atoms with Crippen molar-refractivity contribution in [3.63, 3.8) is 0 Å². The van der Waals surface area contributed by atoms with E-state index >= 15 is 0 Å². The first kappa shape index (κ1) is 11.2. The highest BCUT2D eigenvalue weighted by Crippen LogP contribution is 2.18. The number of hydrogen-bond acceptors (Lipinski definition) is 2. The molecule has 0 aliphatic carbocycles. The number of carboxylic acid groups (broad SMARTS) is 1. The van der Waals surface area contributed by atoms with Crippen LogP contribution in [0.5, 0.6) is 0 Å². The summed E-state index contributed by atoms with van der Waals surface area (Å²) >= 11 is 1.87. The predicted octanol–water partition coefficient (Wildman–Crippen LogP) is 2.76. The van der Waals surface area contributed by atoms with Crippen molar-refractivity contribution in [2.75, 3.05) is 0 Å². The molecule has 0 unspecified atom stereocenters. The fourth-order valence-electron chi connectivity index (χ4n) is 0.758. The van der Waals surface area contributed by atoms with E-state index in [2.05, 4.69) is 26.8 Å². The molecule has 0 aliphatic heterocycles. The van der Waals surface area contributed by atoms with E-state index in [4.69, 9.17) is 9.90 Å². The molecule has 0 saturated carbocycles. The van der Waals surface area contributed by atoms with Gasteiger partial charge in [0.05, 0.1) is 0 Å². The maximum atomic E-state index is 9.00. The van der Waals surface area contributed by atoms with Crippen molar-refractivity contribution < 1.29 is 9.90 Å². The number of aliphatic carboxylic acids is 1. The SMILES string of the molecule is CC(=O)O.Cc1cc(C)c(C)s1. The highest BCUT2D eigenvalue weighted by molar-refractivity contribution is 7.12. The second-order valence-electron chi connectivity index (χ2n) is 2.62. The summed E-state index contributed by atoms with van der Waals surface area (Å²) in [6.07, 6.45) is 0. The van der Waals surface area contributed by atoms with E-state index in [-0.39, 0.29) is 0 Å². The van der Waals surface area contributed by atoms with Gasteiger partial charge in [-0.15, -0.1) is 11.3 Å². The second-order valence-corrected chi connectivity index (χ2v) is 4.08. The zero-order valence-corrected chi connectivity index (χ0v) is 8.66. The molecule has 1 aromatic rings. The summed E-state index contributed by atoms with van der Waals surface area (Å²) in [5.41, 5.74) is 1.42. The molecule has 0 aromatic carbocycles. The molecule has 0 atom stereocenters. The smallest absolute Gasteiger partial charge is 0.300 e. The van der Waals surface area contributed by atoms with E-state index in [1.54, 1.807) is 0 Å². The lowest BCUT2D eigenvalue weighted by Crippen LogP contribution is -1.78. The Hall–Kier alpha value is -0.830. The number of carbonyl (C=O) groups is 1. The van der Waals surface area contributed by atoms with Crippen molar-refractivity contribution in [2.24, 2.45) is 0 Å². The van der Waals surface area contributed by atoms with Gasteiger partial charge in [0.15, 0.2) is 0 Å². The van der Waals surface area contributed by atoms with E-state index in [0.717, 1.165) is 6.92 Å². The third-order valence-electron chi connectivity index (χ3n) is 1.29. The van der Waals surface area contributed by atoms with Crippen LogP contribution in [0.1, 0.15) is 22.2 Å². The van der Waals surface area contributed by atoms with Crippen LogP contribution in [0.15, 0.2) is 6.07 Å². The fourth-order valence-corrected chi connectivity index (χ4v) is 1.70. The third-order valence-corrected chi connectivity index (χ3v) is 2.36. The molecule has 1 rings (SSSR count). The van der Waals surface area contributed by atoms with E-state index in [0.29, 0.717) is 0 Å². The third kappa shape index (κ3) is 4.91. The summed E-state index contributed by atoms with van der Waals surface area (Å²) in [7, 11) is 0. The molecule has 0 saturated heterocycles. The van der Waals surface area contributed by atoms with Crippen LogP contribution in [0.25, 0.3) is 0 Å². The van der Waals surface area contributed by atoms with Gasteiger partial charge in [0, 0.05) is 16.7 Å². The summed E-state index contributed by atoms with van der Waals surface area (Å²) in [5.74, 6) is -0.833. The van der Waals surface area contributed by atoms with Crippen molar-refractivity contribution in [2.45, 2.75) is 27.7 Å². The second kappa shape index (κ2) is 4.93. The first-order chi connectivity index (χ1) is 5.43. The lowest BCUT2D eigenvalue weighted by atomic mass is 10.3. The maximum absolute atomic E-state index is 9.00. The topological polar surface area (TPSA) is 37.3 Å². The highest BCUT2D eigenvalue weighted by Gasteiger charge is 1.93. The molecule has 2 nitrogen and oxygen atoms in total. The molecule has 3 heteroatoms. The molecule has 1 heterocycles. The molecular weight excluding hydrogens is 172 g/mol. The minimum absolute atomic E-state index is 0.833. The van der Waals surface area contributed by atoms with Crippen molar-refractivity contribution in [3.05, 3.63) is 21.4 Å². The molecule has 68 valence electrons. The molecule has 1 N–H and O–H groups in total. The Morgan fingerprint density at radius 3 is 1.92 bits per heavy atom. The number of thiophene rings is 1. The predicted molar refractivity (Wildman–Crippen MR) is 51.8 cm³/mol. The van der Waals surface area contributed by atoms with Crippen LogP contribution in [0, 0.1) is 20.8 Å². The molecule has 0 fully saturated rings. The molecule has 12 heavy (non-hydrogen) atoms. The van der Waals surface area contributed by atoms with Gasteiger partial charge < -0.3 is 5.11 Å². The normalized spacial score (nSPS) is 8.67. The van der Waals surface area contributed by atoms with Crippen LogP contribution in [0.3, 0.4) is 0 Å². The van der Waals surface area contributed by atoms with Gasteiger partial charge in [0.25, 0.3) is 5.97 Å². The lowest BCUT2D eigenvalue weighted by Gasteiger charge is -1.79. The summed E-state index contributed by atoms with van der Waals surface area (Å²) in [6.45, 7) is 7.54. The van der Waals surface area contributed by atoms with Crippen LogP contribution in [-0.2, 0) is 4.79 Å². The zero-order valence-electron chi connectivity index (χ0n) is 7.84. The number of hydrogen-bond donors (Lipinski definition) is 1. The Morgan fingerprint density at radius 1 is 1.42 bits per heavy atom. The summed E-state index contributed by atoms with van der Waals surface area (Å²) < 4.78 is 0. The van der Waals surface area contributed by atoms with Gasteiger partial charge in [-0.05, 0) is 32.4 Å². The van der Waals surface area contributed by atoms with Gasteiger partial charge in [-0.25, -0.2) is 0 Å². The average molecular weight is 186 g/mol. The quantitative estimate of drug-likeness (QED) is 0.676. The average Bonchev–Trinajstić information content (AvgIpc) is 2.08. The van der Waals surface area contributed by atoms with Gasteiger partial charge >= 0.3 is 0 Å². The minimum Gasteiger partial charge on any atom is -0.481 e. The monoisotopic (exact) mass is 186 g/mol. The van der Waals surface area contributed by atoms with E-state index in [9.17, 15) is 0 Å². The van der Waals surface area contributed by atoms with Crippen LogP contribution in [0.2, 0.25) is 0 Å². The standard InChI is InChI=1S/C7H10S.C2H4O2/c1-5-4-6(2)8-7(5)3;1-2(3)4/h4H,1-3H3;1H3,(H,3,4). The molecule has 0 amide bonds. The Morgan fingerprint density at radius 2 is 1.83 bits per heavy atom. The van der Waals surface area contributed by atoms with Gasteiger partial charge in [-0.3, -0.25) is 4.79 Å².